The molecule has 0 amide bonds. The van der Waals surface area contributed by atoms with E-state index in [9.17, 15) is 10.1 Å². The minimum Gasteiger partial charge on any atom is -0.378 e. The highest BCUT2D eigenvalue weighted by molar-refractivity contribution is 5.86. The average Bonchev–Trinajstić information content (AvgIpc) is 3.16. The van der Waals surface area contributed by atoms with Crippen molar-refractivity contribution in [1.29, 1.82) is 0 Å². The fourth-order valence-electron chi connectivity index (χ4n) is 4.52. The molecule has 4 heteroatoms. The van der Waals surface area contributed by atoms with E-state index in [-0.39, 0.29) is 22.6 Å². The molecule has 2 aliphatic rings. The Morgan fingerprint density at radius 2 is 1.85 bits per heavy atom. The molecule has 0 spiro atoms. The van der Waals surface area contributed by atoms with Crippen molar-refractivity contribution in [2.24, 2.45) is 5.92 Å². The van der Waals surface area contributed by atoms with Crippen molar-refractivity contribution in [3.8, 4) is 0 Å². The Hall–Kier alpha value is -3.14. The summed E-state index contributed by atoms with van der Waals surface area (Å²) < 4.78 is 0. The number of nitro groups is 1. The lowest BCUT2D eigenvalue weighted by Gasteiger charge is -2.37. The van der Waals surface area contributed by atoms with Crippen LogP contribution in [-0.2, 0) is 0 Å². The molecule has 0 saturated heterocycles. The van der Waals surface area contributed by atoms with Gasteiger partial charge in [0, 0.05) is 23.7 Å². The molecule has 3 aromatic carbocycles. The van der Waals surface area contributed by atoms with Crippen molar-refractivity contribution < 1.29 is 4.92 Å². The van der Waals surface area contributed by atoms with Gasteiger partial charge < -0.3 is 5.32 Å². The van der Waals surface area contributed by atoms with Crippen molar-refractivity contribution in [3.63, 3.8) is 0 Å². The number of rotatable bonds is 2. The van der Waals surface area contributed by atoms with E-state index in [1.807, 2.05) is 6.07 Å². The van der Waals surface area contributed by atoms with E-state index in [1.54, 1.807) is 12.1 Å². The van der Waals surface area contributed by atoms with Crippen molar-refractivity contribution in [3.05, 3.63) is 94.1 Å². The summed E-state index contributed by atoms with van der Waals surface area (Å²) >= 11 is 0. The molecule has 1 aliphatic heterocycles. The van der Waals surface area contributed by atoms with E-state index in [2.05, 4.69) is 59.9 Å². The molecule has 1 heterocycles. The third-order valence-electron chi connectivity index (χ3n) is 5.72. The molecule has 0 saturated carbocycles. The van der Waals surface area contributed by atoms with Crippen molar-refractivity contribution in [2.45, 2.75) is 18.4 Å². The summed E-state index contributed by atoms with van der Waals surface area (Å²) in [5.41, 5.74) is 3.50. The van der Waals surface area contributed by atoms with Crippen LogP contribution in [0.15, 0.2) is 72.8 Å². The molecule has 0 fully saturated rings. The quantitative estimate of drug-likeness (QED) is 0.376. The summed E-state index contributed by atoms with van der Waals surface area (Å²) in [7, 11) is 0. The standard InChI is InChI=1S/C22H18N2O2/c25-24(26)15-11-12-21-20(13-15)17-8-4-10-19(17)22(23-21)18-9-3-6-14-5-1-2-7-16(14)18/h1-9,11-13,17,19,22-23H,10H2/t17-,19+,22+/m1/s1. The minimum atomic E-state index is -0.315. The maximum Gasteiger partial charge on any atom is 0.269 e. The Morgan fingerprint density at radius 3 is 2.73 bits per heavy atom. The highest BCUT2D eigenvalue weighted by atomic mass is 16.6. The van der Waals surface area contributed by atoms with E-state index >= 15 is 0 Å². The molecule has 5 rings (SSSR count). The number of benzene rings is 3. The first kappa shape index (κ1) is 15.1. The lowest BCUT2D eigenvalue weighted by molar-refractivity contribution is -0.384. The fraction of sp³-hybridized carbons (Fsp3) is 0.182. The van der Waals surface area contributed by atoms with Gasteiger partial charge in [0.25, 0.3) is 5.69 Å². The number of hydrogen-bond donors (Lipinski definition) is 1. The van der Waals surface area contributed by atoms with Gasteiger partial charge in [-0.1, -0.05) is 54.6 Å². The van der Waals surface area contributed by atoms with Gasteiger partial charge in [-0.3, -0.25) is 10.1 Å². The Bertz CT molecular complexity index is 1050. The largest absolute Gasteiger partial charge is 0.378 e. The maximum absolute atomic E-state index is 11.2. The fourth-order valence-corrected chi connectivity index (χ4v) is 4.52. The van der Waals surface area contributed by atoms with Gasteiger partial charge in [0.05, 0.1) is 11.0 Å². The molecular formula is C22H18N2O2. The monoisotopic (exact) mass is 342 g/mol. The van der Waals surface area contributed by atoms with Gasteiger partial charge in [-0.2, -0.15) is 0 Å². The van der Waals surface area contributed by atoms with E-state index in [4.69, 9.17) is 0 Å². The number of non-ortho nitro benzene ring substituents is 1. The smallest absolute Gasteiger partial charge is 0.269 e. The summed E-state index contributed by atoms with van der Waals surface area (Å²) in [6.07, 6.45) is 5.41. The zero-order chi connectivity index (χ0) is 17.7. The summed E-state index contributed by atoms with van der Waals surface area (Å²) in [4.78, 5) is 10.9. The van der Waals surface area contributed by atoms with Crippen LogP contribution in [0.2, 0.25) is 0 Å². The molecule has 1 aliphatic carbocycles. The molecule has 128 valence electrons. The molecule has 1 N–H and O–H groups in total. The van der Waals surface area contributed by atoms with Crippen LogP contribution < -0.4 is 5.32 Å². The van der Waals surface area contributed by atoms with Crippen LogP contribution in [0.3, 0.4) is 0 Å². The van der Waals surface area contributed by atoms with Crippen LogP contribution in [0.4, 0.5) is 11.4 Å². The summed E-state index contributed by atoms with van der Waals surface area (Å²) in [5, 5.41) is 17.4. The summed E-state index contributed by atoms with van der Waals surface area (Å²) in [6.45, 7) is 0. The van der Waals surface area contributed by atoms with Crippen LogP contribution in [0.5, 0.6) is 0 Å². The lowest BCUT2D eigenvalue weighted by Crippen LogP contribution is -2.29. The van der Waals surface area contributed by atoms with Gasteiger partial charge in [-0.15, -0.1) is 0 Å². The number of nitrogens with zero attached hydrogens (tertiary/aromatic N) is 1. The van der Waals surface area contributed by atoms with Crippen LogP contribution >= 0.6 is 0 Å². The predicted molar refractivity (Wildman–Crippen MR) is 103 cm³/mol. The minimum absolute atomic E-state index is 0.160. The zero-order valence-corrected chi connectivity index (χ0v) is 14.1. The van der Waals surface area contributed by atoms with E-state index in [1.165, 1.54) is 16.3 Å². The van der Waals surface area contributed by atoms with E-state index in [0.717, 1.165) is 17.7 Å². The molecule has 26 heavy (non-hydrogen) atoms. The Balaban J connectivity index is 1.65. The zero-order valence-electron chi connectivity index (χ0n) is 14.1. The topological polar surface area (TPSA) is 55.2 Å². The Labute approximate surface area is 151 Å². The average molecular weight is 342 g/mol. The van der Waals surface area contributed by atoms with Crippen LogP contribution in [-0.4, -0.2) is 4.92 Å². The highest BCUT2D eigenvalue weighted by Crippen LogP contribution is 2.51. The number of fused-ring (bicyclic) bond motifs is 4. The number of hydrogen-bond acceptors (Lipinski definition) is 3. The lowest BCUT2D eigenvalue weighted by atomic mass is 9.76. The number of anilines is 1. The van der Waals surface area contributed by atoms with Gasteiger partial charge in [-0.05, 0) is 40.3 Å². The molecule has 0 bridgehead atoms. The van der Waals surface area contributed by atoms with Crippen molar-refractivity contribution >= 4 is 22.1 Å². The van der Waals surface area contributed by atoms with Crippen LogP contribution in [0, 0.1) is 16.0 Å². The number of nitro benzene ring substituents is 1. The summed E-state index contributed by atoms with van der Waals surface area (Å²) in [5.74, 6) is 0.588. The van der Waals surface area contributed by atoms with E-state index < -0.39 is 0 Å². The van der Waals surface area contributed by atoms with Crippen molar-refractivity contribution in [1.82, 2.24) is 0 Å². The van der Waals surface area contributed by atoms with Crippen LogP contribution in [0.25, 0.3) is 10.8 Å². The third kappa shape index (κ3) is 2.22. The molecule has 0 aromatic heterocycles. The molecule has 4 nitrogen and oxygen atoms in total. The van der Waals surface area contributed by atoms with Crippen LogP contribution in [0.1, 0.15) is 29.5 Å². The Kier molecular flexibility index (Phi) is 3.32. The second-order valence-electron chi connectivity index (χ2n) is 7.07. The van der Waals surface area contributed by atoms with Gasteiger partial charge in [0.15, 0.2) is 0 Å². The molecule has 0 unspecified atom stereocenters. The van der Waals surface area contributed by atoms with Crippen molar-refractivity contribution in [2.75, 3.05) is 5.32 Å². The third-order valence-corrected chi connectivity index (χ3v) is 5.72. The molecule has 3 aromatic rings. The second-order valence-corrected chi connectivity index (χ2v) is 7.07. The first-order chi connectivity index (χ1) is 12.7. The second kappa shape index (κ2) is 5.70. The van der Waals surface area contributed by atoms with Gasteiger partial charge in [0.2, 0.25) is 0 Å². The number of nitrogens with one attached hydrogen (secondary N) is 1. The number of allylic oxidation sites excluding steroid dienone is 2. The normalized spacial score (nSPS) is 23.3. The first-order valence-corrected chi connectivity index (χ1v) is 8.91. The SMILES string of the molecule is O=[N+]([O-])c1ccc2c(c1)[C@@H]1C=CC[C@@H]1[C@H](c1cccc3ccccc13)N2. The highest BCUT2D eigenvalue weighted by Gasteiger charge is 2.39. The van der Waals surface area contributed by atoms with Gasteiger partial charge in [-0.25, -0.2) is 0 Å². The molecule has 3 atom stereocenters. The first-order valence-electron chi connectivity index (χ1n) is 8.91. The molecular weight excluding hydrogens is 324 g/mol. The van der Waals surface area contributed by atoms with Gasteiger partial charge >= 0.3 is 0 Å². The maximum atomic E-state index is 11.2. The van der Waals surface area contributed by atoms with Gasteiger partial charge in [0.1, 0.15) is 0 Å². The Morgan fingerprint density at radius 1 is 1.00 bits per heavy atom. The van der Waals surface area contributed by atoms with E-state index in [0.29, 0.717) is 5.92 Å². The predicted octanol–water partition coefficient (Wildman–Crippen LogP) is 5.57. The molecule has 0 radical (unpaired) electrons. The summed E-state index contributed by atoms with van der Waals surface area (Å²) in [6, 6.07) is 20.3.